The fraction of sp³-hybridized carbons (Fsp3) is 0.250. The number of allylic oxidation sites excluding steroid dienone is 2. The first-order chi connectivity index (χ1) is 4.88. The van der Waals surface area contributed by atoms with Crippen molar-refractivity contribution in [1.82, 2.24) is 0 Å². The third-order valence-electron chi connectivity index (χ3n) is 0. The summed E-state index contributed by atoms with van der Waals surface area (Å²) in [4.78, 5) is 0. The molecule has 0 saturated carbocycles. The molecule has 0 unspecified atom stereocenters. The Morgan fingerprint density at radius 2 is 1.08 bits per heavy atom. The van der Waals surface area contributed by atoms with E-state index in [2.05, 4.69) is 32.9 Å². The Bertz CT molecular complexity index is 83.2. The first-order valence-electron chi connectivity index (χ1n) is 2.54. The number of halogens is 2. The van der Waals surface area contributed by atoms with Crippen LogP contribution in [-0.2, 0) is 36.4 Å². The van der Waals surface area contributed by atoms with Gasteiger partial charge in [0, 0.05) is 0 Å². The fourth-order valence-corrected chi connectivity index (χ4v) is 0. The minimum Gasteiger partial charge on any atom is 2.00 e. The van der Waals surface area contributed by atoms with Crippen LogP contribution in [-0.4, -0.2) is 0 Å². The van der Waals surface area contributed by atoms with Gasteiger partial charge in [-0.05, 0) is 0 Å². The van der Waals surface area contributed by atoms with Crippen molar-refractivity contribution in [2.75, 3.05) is 0 Å². The van der Waals surface area contributed by atoms with E-state index in [9.17, 15) is 0 Å². The molecule has 0 aromatic heterocycles. The molecule has 12 heavy (non-hydrogen) atoms. The molecule has 0 bridgehead atoms. The van der Waals surface area contributed by atoms with Crippen LogP contribution in [0.1, 0.15) is 13.8 Å². The van der Waals surface area contributed by atoms with Crippen LogP contribution in [0.25, 0.3) is 0 Å². The van der Waals surface area contributed by atoms with E-state index in [1.807, 2.05) is 0 Å². The van der Waals surface area contributed by atoms with Gasteiger partial charge in [-0.15, -0.1) is 13.8 Å². The molecule has 0 N–H and O–H groups in total. The summed E-state index contributed by atoms with van der Waals surface area (Å²) in [5, 5.41) is 0. The summed E-state index contributed by atoms with van der Waals surface area (Å²) in [5.41, 5.74) is 1.33. The first kappa shape index (κ1) is 23.2. The molecular formula is C8H14Cl2Pd2. The Kier molecular flexibility index (Phi) is 43.9. The van der Waals surface area contributed by atoms with Crippen LogP contribution in [0, 0.1) is 46.1 Å². The molecular weight excluding hydrogens is 380 g/mol. The molecule has 0 amide bonds. The van der Waals surface area contributed by atoms with Crippen molar-refractivity contribution in [1.29, 1.82) is 0 Å². The zero-order chi connectivity index (χ0) is 9.86. The van der Waals surface area contributed by atoms with E-state index in [1.165, 1.54) is 0 Å². The Labute approximate surface area is 107 Å². The minimum absolute atomic E-state index is 0. The van der Waals surface area contributed by atoms with Gasteiger partial charge in [0.05, 0.1) is 0 Å². The van der Waals surface area contributed by atoms with Crippen molar-refractivity contribution in [3.63, 3.8) is 0 Å². The van der Waals surface area contributed by atoms with Crippen LogP contribution in [0.15, 0.2) is 11.1 Å². The van der Waals surface area contributed by atoms with Gasteiger partial charge < -0.3 is 38.2 Å². The molecule has 0 spiro atoms. The third-order valence-corrected chi connectivity index (χ3v) is 0. The van der Waals surface area contributed by atoms with Crippen LogP contribution in [0.4, 0.5) is 0 Å². The van der Waals surface area contributed by atoms with E-state index in [0.717, 1.165) is 0 Å². The maximum atomic E-state index is 4.92. The molecule has 0 nitrogen and oxygen atoms in total. The predicted molar refractivity (Wildman–Crippen MR) is 40.5 cm³/mol. The Morgan fingerprint density at radius 1 is 1.08 bits per heavy atom. The molecule has 0 aliphatic carbocycles. The summed E-state index contributed by atoms with van der Waals surface area (Å²) < 4.78 is 0. The largest absolute Gasteiger partial charge is 2.00 e. The van der Waals surface area contributed by atoms with Gasteiger partial charge in [-0.25, -0.2) is 0 Å². The van der Waals surface area contributed by atoms with E-state index < -0.39 is 0 Å². The molecule has 0 heterocycles. The van der Waals surface area contributed by atoms with Crippen LogP contribution >= 0.6 is 0 Å². The minimum atomic E-state index is 0. The molecule has 0 atom stereocenters. The van der Waals surface area contributed by atoms with Gasteiger partial charge in [0.25, 0.3) is 0 Å². The second-order valence-electron chi connectivity index (χ2n) is 1.75. The van der Waals surface area contributed by atoms with Crippen molar-refractivity contribution < 1.29 is 55.4 Å². The molecule has 0 rings (SSSR count). The van der Waals surface area contributed by atoms with Gasteiger partial charge >= 0.3 is 55.4 Å². The van der Waals surface area contributed by atoms with E-state index in [-0.39, 0.29) is 36.4 Å². The summed E-state index contributed by atoms with van der Waals surface area (Å²) in [5.74, 6) is 0. The summed E-state index contributed by atoms with van der Waals surface area (Å²) in [7, 11) is 8.52. The second-order valence-corrected chi connectivity index (χ2v) is 4.50. The zero-order valence-electron chi connectivity index (χ0n) is 7.02. The Morgan fingerprint density at radius 3 is 1.08 bits per heavy atom. The van der Waals surface area contributed by atoms with Gasteiger partial charge in [-0.1, -0.05) is 0 Å². The number of rotatable bonds is 0. The third kappa shape index (κ3) is 902. The molecule has 0 saturated heterocycles. The monoisotopic (exact) mass is 392 g/mol. The van der Waals surface area contributed by atoms with Crippen molar-refractivity contribution in [3.05, 3.63) is 38.2 Å². The molecule has 0 fully saturated rings. The van der Waals surface area contributed by atoms with Gasteiger partial charge in [-0.2, -0.15) is 0 Å². The van der Waals surface area contributed by atoms with E-state index >= 15 is 0 Å². The molecule has 4 heteroatoms. The van der Waals surface area contributed by atoms with Gasteiger partial charge in [0.1, 0.15) is 0 Å². The second kappa shape index (κ2) is 22.7. The summed E-state index contributed by atoms with van der Waals surface area (Å²) in [6.07, 6.45) is 0. The number of hydrogen-bond donors (Lipinski definition) is 0. The van der Waals surface area contributed by atoms with Crippen LogP contribution in [0.2, 0.25) is 0 Å². The zero-order valence-corrected chi connectivity index (χ0v) is 11.8. The van der Waals surface area contributed by atoms with Crippen molar-refractivity contribution in [2.45, 2.75) is 13.8 Å². The standard InChI is InChI=1S/2C4H6.2ClH.2Pd/c2*1-4(2)3;;;;/h2*1H,2H2,3H3;2*1H;;/q2*-2;;;2*+2. The van der Waals surface area contributed by atoms with Crippen LogP contribution in [0.3, 0.4) is 0 Å². The summed E-state index contributed by atoms with van der Waals surface area (Å²) >= 11 is 0.117. The molecule has 0 aliphatic rings. The number of hydrogen-bond acceptors (Lipinski definition) is 0. The van der Waals surface area contributed by atoms with Crippen LogP contribution < -0.4 is 0 Å². The van der Waals surface area contributed by atoms with Gasteiger partial charge in [-0.3, -0.25) is 0 Å². The quantitative estimate of drug-likeness (QED) is 0.435. The maximum Gasteiger partial charge on any atom is 2.00 e. The molecule has 0 aliphatic heterocycles. The first-order valence-corrected chi connectivity index (χ1v) is 6.87. The fourth-order valence-electron chi connectivity index (χ4n) is 0. The maximum absolute atomic E-state index is 4.92. The molecule has 0 radical (unpaired) electrons. The van der Waals surface area contributed by atoms with Crippen molar-refractivity contribution in [2.24, 2.45) is 0 Å². The van der Waals surface area contributed by atoms with E-state index in [1.54, 1.807) is 13.8 Å². The van der Waals surface area contributed by atoms with Crippen molar-refractivity contribution >= 4 is 0 Å². The Hall–Kier alpha value is 1.12. The van der Waals surface area contributed by atoms with Crippen molar-refractivity contribution in [3.8, 4) is 0 Å². The average molecular weight is 394 g/mol. The van der Waals surface area contributed by atoms with Gasteiger partial charge in [0.15, 0.2) is 0 Å². The topological polar surface area (TPSA) is 0 Å². The Balaban J connectivity index is -0.0000000389. The predicted octanol–water partition coefficient (Wildman–Crippen LogP) is 1.86. The van der Waals surface area contributed by atoms with E-state index in [4.69, 9.17) is 13.2 Å². The molecule has 0 aromatic carbocycles. The van der Waals surface area contributed by atoms with E-state index in [0.29, 0.717) is 11.1 Å². The normalized spacial score (nSPS) is 6.00. The average Bonchev–Trinajstić information content (AvgIpc) is 1.60. The SMILES string of the molecule is [CH-]=C([CH2-])C.[CH-]=C([CH2-])C.[ClH+][Pd][ClH+].[Pd+2]. The molecule has 0 aromatic rings. The van der Waals surface area contributed by atoms with Gasteiger partial charge in [0.2, 0.25) is 0 Å². The summed E-state index contributed by atoms with van der Waals surface area (Å²) in [6.45, 7) is 20.0. The summed E-state index contributed by atoms with van der Waals surface area (Å²) in [6, 6.07) is 0. The molecule has 80 valence electrons. The smallest absolute Gasteiger partial charge is 2.00 e. The van der Waals surface area contributed by atoms with Crippen LogP contribution in [0.5, 0.6) is 0 Å².